The number of carbonyl (C=O) groups is 1. The lowest BCUT2D eigenvalue weighted by Crippen LogP contribution is -2.41. The Morgan fingerprint density at radius 2 is 1.97 bits per heavy atom. The Kier molecular flexibility index (Phi) is 8.11. The summed E-state index contributed by atoms with van der Waals surface area (Å²) in [4.78, 5) is 35.2. The predicted octanol–water partition coefficient (Wildman–Crippen LogP) is 4.49. The second kappa shape index (κ2) is 10.6. The van der Waals surface area contributed by atoms with E-state index in [0.29, 0.717) is 47.2 Å². The SMILES string of the molecule is CCn1c(C(C)N(CCN(C)C)C(=O)CCC2CCCC2)nc2cc(Cl)ccc2c1=O. The van der Waals surface area contributed by atoms with E-state index >= 15 is 0 Å². The van der Waals surface area contributed by atoms with Crippen molar-refractivity contribution in [1.29, 1.82) is 0 Å². The lowest BCUT2D eigenvalue weighted by atomic mass is 10.0. The first-order valence-electron chi connectivity index (χ1n) is 11.5. The molecule has 2 aromatic rings. The Balaban J connectivity index is 1.93. The van der Waals surface area contributed by atoms with Gasteiger partial charge in [-0.1, -0.05) is 37.3 Å². The fourth-order valence-electron chi connectivity index (χ4n) is 4.59. The van der Waals surface area contributed by atoms with Crippen LogP contribution in [-0.4, -0.2) is 52.4 Å². The molecule has 0 bridgehead atoms. The Bertz CT molecular complexity index is 966. The molecule has 0 aliphatic heterocycles. The van der Waals surface area contributed by atoms with E-state index in [2.05, 4.69) is 4.90 Å². The molecule has 0 spiro atoms. The van der Waals surface area contributed by atoms with Gasteiger partial charge in [0.2, 0.25) is 5.91 Å². The van der Waals surface area contributed by atoms with Crippen molar-refractivity contribution in [1.82, 2.24) is 19.4 Å². The average Bonchev–Trinajstić information content (AvgIpc) is 3.25. The molecule has 1 heterocycles. The van der Waals surface area contributed by atoms with Gasteiger partial charge in [0.15, 0.2) is 0 Å². The van der Waals surface area contributed by atoms with Crippen molar-refractivity contribution in [2.75, 3.05) is 27.2 Å². The van der Waals surface area contributed by atoms with Crippen LogP contribution in [0.15, 0.2) is 23.0 Å². The number of benzene rings is 1. The smallest absolute Gasteiger partial charge is 0.261 e. The lowest BCUT2D eigenvalue weighted by Gasteiger charge is -2.31. The van der Waals surface area contributed by atoms with Crippen LogP contribution in [0.25, 0.3) is 10.9 Å². The summed E-state index contributed by atoms with van der Waals surface area (Å²) in [5.41, 5.74) is 0.493. The molecule has 1 aliphatic carbocycles. The second-order valence-corrected chi connectivity index (χ2v) is 9.37. The molecule has 31 heavy (non-hydrogen) atoms. The molecule has 1 amide bonds. The molecule has 1 atom stereocenters. The standard InChI is InChI=1S/C24H35ClN4O2/c1-5-28-23(26-21-16-19(25)11-12-20(21)24(28)31)17(2)29(15-14-27(3)4)22(30)13-10-18-8-6-7-9-18/h11-12,16-18H,5-10,13-15H2,1-4H3. The van der Waals surface area contributed by atoms with Gasteiger partial charge in [0.05, 0.1) is 16.9 Å². The van der Waals surface area contributed by atoms with E-state index < -0.39 is 0 Å². The second-order valence-electron chi connectivity index (χ2n) is 8.94. The van der Waals surface area contributed by atoms with E-state index in [1.54, 1.807) is 22.8 Å². The quantitative estimate of drug-likeness (QED) is 0.569. The summed E-state index contributed by atoms with van der Waals surface area (Å²) in [5.74, 6) is 1.43. The number of rotatable bonds is 9. The summed E-state index contributed by atoms with van der Waals surface area (Å²) in [7, 11) is 4.01. The minimum Gasteiger partial charge on any atom is -0.332 e. The molecule has 1 fully saturated rings. The fraction of sp³-hybridized carbons (Fsp3) is 0.625. The highest BCUT2D eigenvalue weighted by Gasteiger charge is 2.27. The number of hydrogen-bond acceptors (Lipinski definition) is 4. The maximum absolute atomic E-state index is 13.3. The van der Waals surface area contributed by atoms with E-state index in [9.17, 15) is 9.59 Å². The molecule has 1 aliphatic rings. The van der Waals surface area contributed by atoms with Crippen LogP contribution in [0.3, 0.4) is 0 Å². The normalized spacial score (nSPS) is 15.7. The summed E-state index contributed by atoms with van der Waals surface area (Å²) < 4.78 is 1.69. The van der Waals surface area contributed by atoms with Gasteiger partial charge in [0.1, 0.15) is 5.82 Å². The van der Waals surface area contributed by atoms with Crippen LogP contribution in [-0.2, 0) is 11.3 Å². The number of nitrogens with zero attached hydrogens (tertiary/aromatic N) is 4. The molecule has 1 aromatic carbocycles. The van der Waals surface area contributed by atoms with Crippen LogP contribution in [0.5, 0.6) is 0 Å². The van der Waals surface area contributed by atoms with Crippen molar-refractivity contribution in [3.63, 3.8) is 0 Å². The maximum atomic E-state index is 13.3. The monoisotopic (exact) mass is 446 g/mol. The number of carbonyl (C=O) groups excluding carboxylic acids is 1. The Labute approximate surface area is 190 Å². The maximum Gasteiger partial charge on any atom is 0.261 e. The summed E-state index contributed by atoms with van der Waals surface area (Å²) >= 11 is 6.16. The number of amides is 1. The Morgan fingerprint density at radius 3 is 2.61 bits per heavy atom. The molecule has 7 heteroatoms. The van der Waals surface area contributed by atoms with E-state index in [1.807, 2.05) is 32.8 Å². The van der Waals surface area contributed by atoms with Gasteiger partial charge in [0.25, 0.3) is 5.56 Å². The number of aromatic nitrogens is 2. The molecular weight excluding hydrogens is 412 g/mol. The topological polar surface area (TPSA) is 58.4 Å². The number of halogens is 1. The molecule has 1 saturated carbocycles. The number of hydrogen-bond donors (Lipinski definition) is 0. The van der Waals surface area contributed by atoms with Gasteiger partial charge in [-0.15, -0.1) is 0 Å². The third-order valence-corrected chi connectivity index (χ3v) is 6.69. The Hall–Kier alpha value is -1.92. The van der Waals surface area contributed by atoms with E-state index in [-0.39, 0.29) is 17.5 Å². The summed E-state index contributed by atoms with van der Waals surface area (Å²) in [5, 5.41) is 1.10. The zero-order valence-corrected chi connectivity index (χ0v) is 20.0. The third kappa shape index (κ3) is 5.66. The summed E-state index contributed by atoms with van der Waals surface area (Å²) in [6, 6.07) is 4.86. The highest BCUT2D eigenvalue weighted by Crippen LogP contribution is 2.29. The van der Waals surface area contributed by atoms with Crippen LogP contribution in [0, 0.1) is 5.92 Å². The van der Waals surface area contributed by atoms with Crippen molar-refractivity contribution >= 4 is 28.4 Å². The Morgan fingerprint density at radius 1 is 1.26 bits per heavy atom. The lowest BCUT2D eigenvalue weighted by molar-refractivity contribution is -0.134. The number of fused-ring (bicyclic) bond motifs is 1. The zero-order chi connectivity index (χ0) is 22.5. The van der Waals surface area contributed by atoms with Crippen molar-refractivity contribution in [2.45, 2.75) is 65.0 Å². The largest absolute Gasteiger partial charge is 0.332 e. The zero-order valence-electron chi connectivity index (χ0n) is 19.2. The summed E-state index contributed by atoms with van der Waals surface area (Å²) in [6.07, 6.45) is 6.55. The molecule has 1 unspecified atom stereocenters. The van der Waals surface area contributed by atoms with Crippen LogP contribution >= 0.6 is 11.6 Å². The van der Waals surface area contributed by atoms with Gasteiger partial charge in [-0.2, -0.15) is 0 Å². The van der Waals surface area contributed by atoms with Crippen molar-refractivity contribution in [2.24, 2.45) is 5.92 Å². The molecular formula is C24H35ClN4O2. The molecule has 170 valence electrons. The molecule has 0 saturated heterocycles. The van der Waals surface area contributed by atoms with Gasteiger partial charge >= 0.3 is 0 Å². The molecule has 3 rings (SSSR count). The molecule has 6 nitrogen and oxygen atoms in total. The summed E-state index contributed by atoms with van der Waals surface area (Å²) in [6.45, 7) is 5.78. The van der Waals surface area contributed by atoms with Crippen molar-refractivity contribution < 1.29 is 4.79 Å². The molecule has 0 N–H and O–H groups in total. The van der Waals surface area contributed by atoms with Gasteiger partial charge in [-0.3, -0.25) is 14.2 Å². The van der Waals surface area contributed by atoms with Gasteiger partial charge in [0, 0.05) is 31.1 Å². The van der Waals surface area contributed by atoms with Gasteiger partial charge < -0.3 is 9.80 Å². The first-order chi connectivity index (χ1) is 14.8. The highest BCUT2D eigenvalue weighted by molar-refractivity contribution is 6.31. The minimum atomic E-state index is -0.299. The third-order valence-electron chi connectivity index (χ3n) is 6.45. The van der Waals surface area contributed by atoms with Crippen LogP contribution < -0.4 is 5.56 Å². The van der Waals surface area contributed by atoms with Crippen LogP contribution in [0.4, 0.5) is 0 Å². The highest BCUT2D eigenvalue weighted by atomic mass is 35.5. The fourth-order valence-corrected chi connectivity index (χ4v) is 4.75. The first kappa shape index (κ1) is 23.7. The molecule has 0 radical (unpaired) electrons. The predicted molar refractivity (Wildman–Crippen MR) is 127 cm³/mol. The van der Waals surface area contributed by atoms with Crippen LogP contribution in [0.1, 0.15) is 64.2 Å². The molecule has 1 aromatic heterocycles. The van der Waals surface area contributed by atoms with E-state index in [1.165, 1.54) is 25.7 Å². The first-order valence-corrected chi connectivity index (χ1v) is 11.8. The van der Waals surface area contributed by atoms with Gasteiger partial charge in [-0.25, -0.2) is 4.98 Å². The number of likely N-dealkylation sites (N-methyl/N-ethyl adjacent to an activating group) is 1. The van der Waals surface area contributed by atoms with Crippen LogP contribution in [0.2, 0.25) is 5.02 Å². The van der Waals surface area contributed by atoms with E-state index in [0.717, 1.165) is 13.0 Å². The minimum absolute atomic E-state index is 0.0861. The van der Waals surface area contributed by atoms with Gasteiger partial charge in [-0.05, 0) is 58.5 Å². The van der Waals surface area contributed by atoms with E-state index in [4.69, 9.17) is 16.6 Å². The van der Waals surface area contributed by atoms with Crippen molar-refractivity contribution in [3.05, 3.63) is 39.4 Å². The average molecular weight is 447 g/mol. The van der Waals surface area contributed by atoms with Crippen molar-refractivity contribution in [3.8, 4) is 0 Å².